The Morgan fingerprint density at radius 3 is 2.67 bits per heavy atom. The molecule has 0 bridgehead atoms. The van der Waals surface area contributed by atoms with Gasteiger partial charge >= 0.3 is 6.18 Å². The molecule has 0 spiro atoms. The summed E-state index contributed by atoms with van der Waals surface area (Å²) in [7, 11) is 0. The SMILES string of the molecule is O=C(NC1COC1)c1ccn(-c2cc(Cc3cc(F)cc(C(F)(F)F)c3)ccn2)n1. The van der Waals surface area contributed by atoms with Crippen molar-refractivity contribution >= 4 is 5.91 Å². The first-order valence-electron chi connectivity index (χ1n) is 9.04. The van der Waals surface area contributed by atoms with Crippen LogP contribution in [0.25, 0.3) is 5.82 Å². The highest BCUT2D eigenvalue weighted by atomic mass is 19.4. The van der Waals surface area contributed by atoms with Crippen molar-refractivity contribution in [2.75, 3.05) is 13.2 Å². The Morgan fingerprint density at radius 1 is 1.17 bits per heavy atom. The summed E-state index contributed by atoms with van der Waals surface area (Å²) in [6, 6.07) is 7.19. The fraction of sp³-hybridized carbons (Fsp3) is 0.250. The number of amides is 1. The molecule has 1 aromatic carbocycles. The third-order valence-electron chi connectivity index (χ3n) is 4.53. The normalized spacial score (nSPS) is 14.4. The molecular weight excluding hydrogens is 404 g/mol. The van der Waals surface area contributed by atoms with E-state index in [0.717, 1.165) is 12.1 Å². The van der Waals surface area contributed by atoms with E-state index in [0.29, 0.717) is 30.7 Å². The van der Waals surface area contributed by atoms with Gasteiger partial charge in [0, 0.05) is 12.4 Å². The molecule has 1 aliphatic rings. The van der Waals surface area contributed by atoms with Gasteiger partial charge < -0.3 is 10.1 Å². The lowest BCUT2D eigenvalue weighted by Gasteiger charge is -2.26. The highest BCUT2D eigenvalue weighted by Crippen LogP contribution is 2.31. The van der Waals surface area contributed by atoms with Crippen molar-refractivity contribution in [3.05, 3.63) is 77.0 Å². The van der Waals surface area contributed by atoms with E-state index in [2.05, 4.69) is 15.4 Å². The van der Waals surface area contributed by atoms with Gasteiger partial charge in [0.15, 0.2) is 11.5 Å². The van der Waals surface area contributed by atoms with Crippen LogP contribution < -0.4 is 5.32 Å². The number of ether oxygens (including phenoxy) is 1. The molecule has 1 aliphatic heterocycles. The van der Waals surface area contributed by atoms with Crippen LogP contribution in [0, 0.1) is 5.82 Å². The Morgan fingerprint density at radius 2 is 1.97 bits per heavy atom. The van der Waals surface area contributed by atoms with Crippen LogP contribution in [0.2, 0.25) is 0 Å². The Bertz CT molecular complexity index is 1080. The Hall–Kier alpha value is -3.27. The number of carbonyl (C=O) groups excluding carboxylic acids is 1. The van der Waals surface area contributed by atoms with E-state index < -0.39 is 17.6 Å². The molecule has 156 valence electrons. The molecule has 10 heteroatoms. The molecule has 30 heavy (non-hydrogen) atoms. The molecule has 1 fully saturated rings. The number of carbonyl (C=O) groups is 1. The van der Waals surface area contributed by atoms with E-state index in [-0.39, 0.29) is 29.6 Å². The summed E-state index contributed by atoms with van der Waals surface area (Å²) >= 11 is 0. The monoisotopic (exact) mass is 420 g/mol. The quantitative estimate of drug-likeness (QED) is 0.644. The molecule has 1 N–H and O–H groups in total. The summed E-state index contributed by atoms with van der Waals surface area (Å²) < 4.78 is 58.8. The van der Waals surface area contributed by atoms with Crippen molar-refractivity contribution in [1.29, 1.82) is 0 Å². The van der Waals surface area contributed by atoms with Crippen LogP contribution in [-0.2, 0) is 17.3 Å². The van der Waals surface area contributed by atoms with E-state index >= 15 is 0 Å². The van der Waals surface area contributed by atoms with Crippen molar-refractivity contribution in [3.8, 4) is 5.82 Å². The maximum atomic E-state index is 13.6. The predicted molar refractivity (Wildman–Crippen MR) is 97.6 cm³/mol. The van der Waals surface area contributed by atoms with E-state index in [4.69, 9.17) is 4.74 Å². The Kier molecular flexibility index (Phi) is 5.25. The maximum Gasteiger partial charge on any atom is 0.416 e. The zero-order chi connectivity index (χ0) is 21.3. The lowest BCUT2D eigenvalue weighted by atomic mass is 10.0. The second-order valence-electron chi connectivity index (χ2n) is 6.90. The van der Waals surface area contributed by atoms with Crippen LogP contribution in [0.5, 0.6) is 0 Å². The van der Waals surface area contributed by atoms with E-state index in [9.17, 15) is 22.4 Å². The number of hydrogen-bond acceptors (Lipinski definition) is 4. The number of alkyl halides is 3. The van der Waals surface area contributed by atoms with Gasteiger partial charge in [-0.15, -0.1) is 0 Å². The lowest BCUT2D eigenvalue weighted by Crippen LogP contribution is -2.48. The van der Waals surface area contributed by atoms with E-state index in [1.807, 2.05) is 0 Å². The van der Waals surface area contributed by atoms with Crippen LogP contribution in [-0.4, -0.2) is 39.9 Å². The average molecular weight is 420 g/mol. The zero-order valence-corrected chi connectivity index (χ0v) is 15.5. The number of benzene rings is 1. The summed E-state index contributed by atoms with van der Waals surface area (Å²) in [4.78, 5) is 16.3. The number of nitrogens with zero attached hydrogens (tertiary/aromatic N) is 3. The van der Waals surface area contributed by atoms with Crippen molar-refractivity contribution < 1.29 is 27.1 Å². The third-order valence-corrected chi connectivity index (χ3v) is 4.53. The van der Waals surface area contributed by atoms with Crippen molar-refractivity contribution in [2.24, 2.45) is 0 Å². The van der Waals surface area contributed by atoms with Crippen LogP contribution in [0.1, 0.15) is 27.2 Å². The van der Waals surface area contributed by atoms with Crippen molar-refractivity contribution in [2.45, 2.75) is 18.6 Å². The van der Waals surface area contributed by atoms with Crippen molar-refractivity contribution in [1.82, 2.24) is 20.1 Å². The highest BCUT2D eigenvalue weighted by Gasteiger charge is 2.31. The lowest BCUT2D eigenvalue weighted by molar-refractivity contribution is -0.137. The fourth-order valence-electron chi connectivity index (χ4n) is 3.00. The number of halogens is 4. The number of nitrogens with one attached hydrogen (secondary N) is 1. The van der Waals surface area contributed by atoms with Crippen LogP contribution in [0.15, 0.2) is 48.8 Å². The molecular formula is C20H16F4N4O2. The maximum absolute atomic E-state index is 13.6. The van der Waals surface area contributed by atoms with Gasteiger partial charge in [0.05, 0.1) is 24.8 Å². The molecule has 6 nitrogen and oxygen atoms in total. The van der Waals surface area contributed by atoms with Crippen LogP contribution in [0.4, 0.5) is 17.6 Å². The smallest absolute Gasteiger partial charge is 0.377 e. The van der Waals surface area contributed by atoms with Gasteiger partial charge in [-0.2, -0.15) is 18.3 Å². The summed E-state index contributed by atoms with van der Waals surface area (Å²) in [6.45, 7) is 0.929. The van der Waals surface area contributed by atoms with Gasteiger partial charge in [0.2, 0.25) is 0 Å². The van der Waals surface area contributed by atoms with Crippen LogP contribution in [0.3, 0.4) is 0 Å². The largest absolute Gasteiger partial charge is 0.416 e. The minimum Gasteiger partial charge on any atom is -0.377 e. The first-order chi connectivity index (χ1) is 14.3. The molecule has 3 heterocycles. The topological polar surface area (TPSA) is 69.0 Å². The number of pyridine rings is 1. The van der Waals surface area contributed by atoms with Crippen molar-refractivity contribution in [3.63, 3.8) is 0 Å². The third kappa shape index (κ3) is 4.48. The summed E-state index contributed by atoms with van der Waals surface area (Å²) in [5.41, 5.74) is -0.0324. The van der Waals surface area contributed by atoms with Gasteiger partial charge in [0.25, 0.3) is 5.91 Å². The molecule has 4 rings (SSSR count). The first kappa shape index (κ1) is 20.0. The first-order valence-corrected chi connectivity index (χ1v) is 9.04. The number of hydrogen-bond donors (Lipinski definition) is 1. The zero-order valence-electron chi connectivity index (χ0n) is 15.5. The number of aromatic nitrogens is 3. The average Bonchev–Trinajstić information content (AvgIpc) is 3.14. The summed E-state index contributed by atoms with van der Waals surface area (Å²) in [5, 5.41) is 6.97. The van der Waals surface area contributed by atoms with Gasteiger partial charge in [0.1, 0.15) is 5.82 Å². The summed E-state index contributed by atoms with van der Waals surface area (Å²) in [6.07, 6.45) is -1.52. The molecule has 1 saturated heterocycles. The molecule has 3 aromatic rings. The minimum absolute atomic E-state index is 0.0306. The van der Waals surface area contributed by atoms with E-state index in [1.165, 1.54) is 16.9 Å². The molecule has 2 aromatic heterocycles. The molecule has 0 aliphatic carbocycles. The fourth-order valence-corrected chi connectivity index (χ4v) is 3.00. The van der Waals surface area contributed by atoms with Gasteiger partial charge in [-0.05, 0) is 53.9 Å². The molecule has 1 amide bonds. The second kappa shape index (κ2) is 7.86. The second-order valence-corrected chi connectivity index (χ2v) is 6.90. The number of rotatable bonds is 5. The highest BCUT2D eigenvalue weighted by molar-refractivity contribution is 5.92. The molecule has 0 radical (unpaired) electrons. The van der Waals surface area contributed by atoms with Gasteiger partial charge in [-0.25, -0.2) is 14.1 Å². The molecule has 0 atom stereocenters. The van der Waals surface area contributed by atoms with Gasteiger partial charge in [-0.3, -0.25) is 4.79 Å². The van der Waals surface area contributed by atoms with E-state index in [1.54, 1.807) is 18.3 Å². The van der Waals surface area contributed by atoms with Crippen LogP contribution >= 0.6 is 0 Å². The van der Waals surface area contributed by atoms with Gasteiger partial charge in [-0.1, -0.05) is 0 Å². The summed E-state index contributed by atoms with van der Waals surface area (Å²) in [5.74, 6) is -0.905. The Balaban J connectivity index is 1.52. The molecule has 0 unspecified atom stereocenters. The Labute approximate surface area is 168 Å². The molecule has 0 saturated carbocycles. The standard InChI is InChI=1S/C20H16F4N4O2/c21-15-7-13(6-14(9-15)20(22,23)24)5-12-1-3-25-18(8-12)28-4-2-17(27-28)19(29)26-16-10-30-11-16/h1-4,6-9,16H,5,10-11H2,(H,26,29). The predicted octanol–water partition coefficient (Wildman–Crippen LogP) is 3.14. The minimum atomic E-state index is -4.63.